The van der Waals surface area contributed by atoms with E-state index < -0.39 is 15.8 Å². The summed E-state index contributed by atoms with van der Waals surface area (Å²) in [6.07, 6.45) is 0.494. The average molecular weight is 295 g/mol. The van der Waals surface area contributed by atoms with Crippen molar-refractivity contribution in [2.45, 2.75) is 12.5 Å². The van der Waals surface area contributed by atoms with Gasteiger partial charge in [0.1, 0.15) is 0 Å². The fourth-order valence-corrected chi connectivity index (χ4v) is 3.82. The monoisotopic (exact) mass is 295 g/mol. The van der Waals surface area contributed by atoms with Crippen molar-refractivity contribution in [1.29, 1.82) is 0 Å². The number of hydrogen-bond acceptors (Lipinski definition) is 6. The van der Waals surface area contributed by atoms with Gasteiger partial charge in [0.2, 0.25) is 0 Å². The predicted molar refractivity (Wildman–Crippen MR) is 69.0 cm³/mol. The van der Waals surface area contributed by atoms with Gasteiger partial charge in [-0.05, 0) is 6.42 Å². The van der Waals surface area contributed by atoms with Gasteiger partial charge in [0, 0.05) is 19.7 Å². The number of hydrogen-bond donors (Lipinski definition) is 1. The first-order chi connectivity index (χ1) is 8.94. The molecule has 0 aromatic rings. The molecule has 0 radical (unpaired) electrons. The molecule has 7 nitrogen and oxygen atoms in total. The topological polar surface area (TPSA) is 93.1 Å². The zero-order chi connectivity index (χ0) is 14.3. The van der Waals surface area contributed by atoms with Crippen LogP contribution in [0.2, 0.25) is 0 Å². The van der Waals surface area contributed by atoms with E-state index in [2.05, 4.69) is 0 Å². The summed E-state index contributed by atoms with van der Waals surface area (Å²) in [5, 5.41) is 8.86. The second kappa shape index (κ2) is 7.78. The molecule has 0 aliphatic carbocycles. The van der Waals surface area contributed by atoms with Crippen LogP contribution in [0.15, 0.2) is 0 Å². The molecule has 0 spiro atoms. The van der Waals surface area contributed by atoms with Crippen LogP contribution >= 0.6 is 0 Å². The van der Waals surface area contributed by atoms with Crippen LogP contribution in [0.3, 0.4) is 0 Å². The van der Waals surface area contributed by atoms with E-state index >= 15 is 0 Å². The molecule has 1 heterocycles. The normalized spacial score (nSPS) is 21.9. The van der Waals surface area contributed by atoms with Gasteiger partial charge in [-0.1, -0.05) is 0 Å². The number of sulfone groups is 1. The number of nitrogens with zero attached hydrogens (tertiary/aromatic N) is 1. The average Bonchev–Trinajstić information content (AvgIpc) is 2.67. The number of carbonyl (C=O) groups is 1. The lowest BCUT2D eigenvalue weighted by Gasteiger charge is -2.25. The van der Waals surface area contributed by atoms with E-state index in [1.807, 2.05) is 0 Å². The fraction of sp³-hybridized carbons (Fsp3) is 0.909. The zero-order valence-corrected chi connectivity index (χ0v) is 11.9. The number of carboxylic acids is 1. The zero-order valence-electron chi connectivity index (χ0n) is 11.1. The van der Waals surface area contributed by atoms with Crippen molar-refractivity contribution in [3.05, 3.63) is 0 Å². The number of carboxylic acid groups (broad SMARTS) is 1. The van der Waals surface area contributed by atoms with Gasteiger partial charge in [0.05, 0.1) is 37.9 Å². The molecule has 8 heteroatoms. The Labute approximate surface area is 113 Å². The van der Waals surface area contributed by atoms with Crippen LogP contribution in [0, 0.1) is 0 Å². The van der Waals surface area contributed by atoms with Crippen molar-refractivity contribution in [2.75, 3.05) is 51.5 Å². The van der Waals surface area contributed by atoms with Crippen molar-refractivity contribution in [3.63, 3.8) is 0 Å². The van der Waals surface area contributed by atoms with E-state index in [4.69, 9.17) is 14.6 Å². The predicted octanol–water partition coefficient (Wildman–Crippen LogP) is -0.777. The maximum Gasteiger partial charge on any atom is 0.317 e. The molecule has 1 unspecified atom stereocenters. The number of methoxy groups -OCH3 is 1. The van der Waals surface area contributed by atoms with E-state index in [9.17, 15) is 13.2 Å². The lowest BCUT2D eigenvalue weighted by molar-refractivity contribution is -0.139. The van der Waals surface area contributed by atoms with Crippen molar-refractivity contribution >= 4 is 15.8 Å². The maximum atomic E-state index is 11.4. The minimum Gasteiger partial charge on any atom is -0.480 e. The Balaban J connectivity index is 2.41. The Bertz CT molecular complexity index is 383. The third-order valence-electron chi connectivity index (χ3n) is 3.02. The summed E-state index contributed by atoms with van der Waals surface area (Å²) in [5.74, 6) is -0.780. The van der Waals surface area contributed by atoms with E-state index in [-0.39, 0.29) is 24.1 Å². The molecular weight excluding hydrogens is 274 g/mol. The number of rotatable bonds is 9. The number of aliphatic carboxylic acids is 1. The highest BCUT2D eigenvalue weighted by atomic mass is 32.2. The van der Waals surface area contributed by atoms with Crippen molar-refractivity contribution in [2.24, 2.45) is 0 Å². The Kier molecular flexibility index (Phi) is 6.70. The maximum absolute atomic E-state index is 11.4. The molecule has 19 heavy (non-hydrogen) atoms. The Morgan fingerprint density at radius 2 is 2.11 bits per heavy atom. The van der Waals surface area contributed by atoms with Gasteiger partial charge in [0.15, 0.2) is 9.84 Å². The fourth-order valence-electron chi connectivity index (χ4n) is 2.05. The summed E-state index contributed by atoms with van der Waals surface area (Å²) >= 11 is 0. The van der Waals surface area contributed by atoms with Gasteiger partial charge in [-0.2, -0.15) is 0 Å². The van der Waals surface area contributed by atoms with Crippen LogP contribution < -0.4 is 0 Å². The van der Waals surface area contributed by atoms with Gasteiger partial charge in [-0.15, -0.1) is 0 Å². The smallest absolute Gasteiger partial charge is 0.317 e. The highest BCUT2D eigenvalue weighted by Gasteiger charge is 2.32. The van der Waals surface area contributed by atoms with E-state index in [0.717, 1.165) is 0 Å². The second-order valence-corrected chi connectivity index (χ2v) is 6.75. The van der Waals surface area contributed by atoms with Crippen LogP contribution in [0.4, 0.5) is 0 Å². The molecule has 0 amide bonds. The molecule has 0 aromatic heterocycles. The first kappa shape index (κ1) is 16.4. The van der Waals surface area contributed by atoms with Gasteiger partial charge in [0.25, 0.3) is 0 Å². The molecular formula is C11H21NO6S. The second-order valence-electron chi connectivity index (χ2n) is 4.53. The highest BCUT2D eigenvalue weighted by molar-refractivity contribution is 7.91. The Morgan fingerprint density at radius 1 is 1.37 bits per heavy atom. The summed E-state index contributed by atoms with van der Waals surface area (Å²) in [6.45, 7) is 1.55. The van der Waals surface area contributed by atoms with Crippen molar-refractivity contribution in [1.82, 2.24) is 4.90 Å². The largest absolute Gasteiger partial charge is 0.480 e. The minimum absolute atomic E-state index is 0.0400. The Hall–Kier alpha value is -0.700. The SMILES string of the molecule is COCCOCCN(CC(=O)O)C1CCS(=O)(=O)C1. The molecule has 1 fully saturated rings. The third kappa shape index (κ3) is 6.33. The van der Waals surface area contributed by atoms with Crippen LogP contribution in [-0.4, -0.2) is 82.0 Å². The molecule has 0 aromatic carbocycles. The molecule has 1 aliphatic rings. The summed E-state index contributed by atoms with van der Waals surface area (Å²) in [6, 6.07) is -0.216. The van der Waals surface area contributed by atoms with Crippen LogP contribution in [-0.2, 0) is 24.1 Å². The summed E-state index contributed by atoms with van der Waals surface area (Å²) < 4.78 is 33.0. The lowest BCUT2D eigenvalue weighted by Crippen LogP contribution is -2.42. The summed E-state index contributed by atoms with van der Waals surface area (Å²) in [5.41, 5.74) is 0. The van der Waals surface area contributed by atoms with Crippen molar-refractivity contribution < 1.29 is 27.8 Å². The lowest BCUT2D eigenvalue weighted by atomic mass is 10.2. The summed E-state index contributed by atoms with van der Waals surface area (Å²) in [4.78, 5) is 12.5. The standard InChI is InChI=1S/C11H21NO6S/c1-17-5-6-18-4-3-12(8-11(13)14)10-2-7-19(15,16)9-10/h10H,2-9H2,1H3,(H,13,14). The third-order valence-corrected chi connectivity index (χ3v) is 4.77. The first-order valence-corrected chi connectivity index (χ1v) is 7.99. The molecule has 1 atom stereocenters. The molecule has 0 saturated carbocycles. The van der Waals surface area contributed by atoms with E-state index in [1.165, 1.54) is 0 Å². The molecule has 1 aliphatic heterocycles. The molecule has 112 valence electrons. The first-order valence-electron chi connectivity index (χ1n) is 6.17. The van der Waals surface area contributed by atoms with Crippen molar-refractivity contribution in [3.8, 4) is 0 Å². The molecule has 1 N–H and O–H groups in total. The minimum atomic E-state index is -3.01. The van der Waals surface area contributed by atoms with Gasteiger partial charge in [-0.25, -0.2) is 8.42 Å². The molecule has 1 rings (SSSR count). The van der Waals surface area contributed by atoms with E-state index in [0.29, 0.717) is 32.8 Å². The molecule has 0 bridgehead atoms. The molecule has 1 saturated heterocycles. The van der Waals surface area contributed by atoms with Crippen LogP contribution in [0.5, 0.6) is 0 Å². The number of ether oxygens (including phenoxy) is 2. The van der Waals surface area contributed by atoms with Crippen LogP contribution in [0.25, 0.3) is 0 Å². The van der Waals surface area contributed by atoms with Gasteiger partial charge < -0.3 is 14.6 Å². The Morgan fingerprint density at radius 3 is 2.63 bits per heavy atom. The highest BCUT2D eigenvalue weighted by Crippen LogP contribution is 2.17. The van der Waals surface area contributed by atoms with Gasteiger partial charge >= 0.3 is 5.97 Å². The van der Waals surface area contributed by atoms with E-state index in [1.54, 1.807) is 12.0 Å². The van der Waals surface area contributed by atoms with Gasteiger partial charge in [-0.3, -0.25) is 9.69 Å². The quantitative estimate of drug-likeness (QED) is 0.558. The van der Waals surface area contributed by atoms with Crippen LogP contribution in [0.1, 0.15) is 6.42 Å². The summed E-state index contributed by atoms with van der Waals surface area (Å²) in [7, 11) is -1.44.